The van der Waals surface area contributed by atoms with Gasteiger partial charge in [-0.15, -0.1) is 0 Å². The van der Waals surface area contributed by atoms with Gasteiger partial charge in [-0.25, -0.2) is 8.42 Å². The van der Waals surface area contributed by atoms with Crippen LogP contribution in [0, 0.1) is 0 Å². The summed E-state index contributed by atoms with van der Waals surface area (Å²) in [6, 6.07) is 0.555. The Bertz CT molecular complexity index is 221. The van der Waals surface area contributed by atoms with E-state index >= 15 is 0 Å². The average molecular weight is 245 g/mol. The third-order valence-corrected chi connectivity index (χ3v) is 3.10. The van der Waals surface area contributed by atoms with E-state index in [1.807, 2.05) is 0 Å². The Morgan fingerprint density at radius 1 is 1.33 bits per heavy atom. The van der Waals surface area contributed by atoms with Gasteiger partial charge in [0.1, 0.15) is 0 Å². The molecule has 1 N–H and O–H groups in total. The minimum atomic E-state index is -2.71. The normalized spacial score (nSPS) is 19.9. The molecule has 0 heterocycles. The summed E-state index contributed by atoms with van der Waals surface area (Å²) in [4.78, 5) is 0. The van der Waals surface area contributed by atoms with Gasteiger partial charge in [0.2, 0.25) is 0 Å². The van der Waals surface area contributed by atoms with Crippen molar-refractivity contribution in [1.29, 1.82) is 0 Å². The Hall–Kier alpha value is 0.870. The molecule has 1 rings (SSSR count). The molecule has 0 bridgehead atoms. The molecule has 1 aliphatic rings. The van der Waals surface area contributed by atoms with Crippen LogP contribution in [0.2, 0.25) is 0 Å². The molecule has 1 fully saturated rings. The molecule has 1 saturated carbocycles. The fourth-order valence-corrected chi connectivity index (χ4v) is 2.19. The van der Waals surface area contributed by atoms with Crippen molar-refractivity contribution in [3.05, 3.63) is 0 Å². The van der Waals surface area contributed by atoms with Crippen LogP contribution in [-0.4, -0.2) is 56.7 Å². The Balaban J connectivity index is 0.00000196. The van der Waals surface area contributed by atoms with Crippen molar-refractivity contribution in [2.45, 2.75) is 51.2 Å². The van der Waals surface area contributed by atoms with Crippen LogP contribution >= 0.6 is 0 Å². The second kappa shape index (κ2) is 8.96. The first kappa shape index (κ1) is 15.9. The number of nitrogens with one attached hydrogen (secondary N) is 1. The van der Waals surface area contributed by atoms with Crippen LogP contribution in [0.4, 0.5) is 0 Å². The van der Waals surface area contributed by atoms with E-state index in [2.05, 4.69) is 9.50 Å². The Labute approximate surface area is 116 Å². The van der Waals surface area contributed by atoms with Gasteiger partial charge in [-0.3, -0.25) is 4.18 Å². The molecular formula is C9H20NNaO3S. The summed E-state index contributed by atoms with van der Waals surface area (Å²) >= 11 is 0. The molecule has 86 valence electrons. The summed E-state index contributed by atoms with van der Waals surface area (Å²) < 4.78 is 25.1. The van der Waals surface area contributed by atoms with Crippen LogP contribution in [0.25, 0.3) is 0 Å². The van der Waals surface area contributed by atoms with E-state index in [1.54, 1.807) is 6.92 Å². The molecule has 4 nitrogen and oxygen atoms in total. The summed E-state index contributed by atoms with van der Waals surface area (Å²) in [6.07, 6.45) is 6.05. The fourth-order valence-electron chi connectivity index (χ4n) is 1.82. The zero-order valence-corrected chi connectivity index (χ0v) is 9.46. The van der Waals surface area contributed by atoms with Crippen molar-refractivity contribution < 1.29 is 12.6 Å². The van der Waals surface area contributed by atoms with Crippen molar-refractivity contribution >= 4 is 40.5 Å². The van der Waals surface area contributed by atoms with Crippen molar-refractivity contribution in [3.63, 3.8) is 0 Å². The van der Waals surface area contributed by atoms with Gasteiger partial charge in [0, 0.05) is 12.6 Å². The molecule has 0 aromatic heterocycles. The zero-order valence-electron chi connectivity index (χ0n) is 8.57. The Morgan fingerprint density at radius 3 is 2.47 bits per heavy atom. The van der Waals surface area contributed by atoms with E-state index < -0.39 is 11.0 Å². The fraction of sp³-hybridized carbons (Fsp3) is 1.00. The topological polar surface area (TPSA) is 55.4 Å². The summed E-state index contributed by atoms with van der Waals surface area (Å²) in [7, 11) is -2.71. The molecule has 0 aliphatic heterocycles. The second-order valence-electron chi connectivity index (χ2n) is 3.88. The molecule has 0 aromatic rings. The molecule has 0 saturated heterocycles. The molecule has 6 heteroatoms. The van der Waals surface area contributed by atoms with Crippen molar-refractivity contribution in [2.24, 2.45) is 0 Å². The average Bonchev–Trinajstić information content (AvgIpc) is 2.15. The number of hydrogen-bond acceptors (Lipinski definition) is 4. The van der Waals surface area contributed by atoms with Gasteiger partial charge in [0.15, 0.2) is 0 Å². The third-order valence-electron chi connectivity index (χ3n) is 2.57. The monoisotopic (exact) mass is 245 g/mol. The molecule has 1 unspecified atom stereocenters. The SMILES string of the molecule is CC(CNC1CCCCC1)O[SH](=O)=O.[NaH]. The van der Waals surface area contributed by atoms with E-state index in [1.165, 1.54) is 32.1 Å². The molecule has 0 aromatic carbocycles. The van der Waals surface area contributed by atoms with E-state index in [9.17, 15) is 8.42 Å². The molecule has 0 spiro atoms. The summed E-state index contributed by atoms with van der Waals surface area (Å²) in [6.45, 7) is 2.38. The quantitative estimate of drug-likeness (QED) is 0.536. The first-order chi connectivity index (χ1) is 6.68. The van der Waals surface area contributed by atoms with Crippen LogP contribution in [0.1, 0.15) is 39.0 Å². The zero-order chi connectivity index (χ0) is 10.4. The maximum absolute atomic E-state index is 10.2. The number of hydrogen-bond donors (Lipinski definition) is 2. The molecular weight excluding hydrogens is 225 g/mol. The first-order valence-corrected chi connectivity index (χ1v) is 6.32. The van der Waals surface area contributed by atoms with Crippen LogP contribution in [0.5, 0.6) is 0 Å². The van der Waals surface area contributed by atoms with Crippen LogP contribution < -0.4 is 5.32 Å². The second-order valence-corrected chi connectivity index (χ2v) is 4.54. The predicted molar refractivity (Wildman–Crippen MR) is 62.9 cm³/mol. The predicted octanol–water partition coefficient (Wildman–Crippen LogP) is 0.192. The van der Waals surface area contributed by atoms with Gasteiger partial charge < -0.3 is 5.32 Å². The van der Waals surface area contributed by atoms with Gasteiger partial charge in [-0.2, -0.15) is 0 Å². The molecule has 1 aliphatic carbocycles. The number of rotatable bonds is 5. The van der Waals surface area contributed by atoms with Crippen molar-refractivity contribution in [1.82, 2.24) is 5.32 Å². The van der Waals surface area contributed by atoms with Crippen molar-refractivity contribution in [2.75, 3.05) is 6.54 Å². The van der Waals surface area contributed by atoms with Gasteiger partial charge >= 0.3 is 29.6 Å². The van der Waals surface area contributed by atoms with Crippen LogP contribution in [-0.2, 0) is 15.2 Å². The summed E-state index contributed by atoms with van der Waals surface area (Å²) in [5.74, 6) is 0. The molecule has 0 amide bonds. The first-order valence-electron chi connectivity index (χ1n) is 5.23. The van der Waals surface area contributed by atoms with Gasteiger partial charge in [0.05, 0.1) is 6.10 Å². The van der Waals surface area contributed by atoms with Crippen LogP contribution in [0.15, 0.2) is 0 Å². The van der Waals surface area contributed by atoms with Gasteiger partial charge in [-0.1, -0.05) is 19.3 Å². The van der Waals surface area contributed by atoms with E-state index in [4.69, 9.17) is 0 Å². The third kappa shape index (κ3) is 7.71. The van der Waals surface area contributed by atoms with Gasteiger partial charge in [-0.05, 0) is 19.8 Å². The minimum absolute atomic E-state index is 0. The van der Waals surface area contributed by atoms with Crippen molar-refractivity contribution in [3.8, 4) is 0 Å². The van der Waals surface area contributed by atoms with E-state index in [-0.39, 0.29) is 35.7 Å². The molecule has 15 heavy (non-hydrogen) atoms. The molecule has 0 radical (unpaired) electrons. The number of thiol groups is 1. The standard InChI is InChI=1S/C9H19NO3S.Na.H/c1-8(13-14(11)12)7-10-9-5-3-2-4-6-9;;/h8-10,14H,2-7H2,1H3;;. The summed E-state index contributed by atoms with van der Waals surface area (Å²) in [5, 5.41) is 3.33. The Kier molecular flexibility index (Phi) is 9.48. The molecule has 1 atom stereocenters. The van der Waals surface area contributed by atoms with Crippen LogP contribution in [0.3, 0.4) is 0 Å². The Morgan fingerprint density at radius 2 is 1.93 bits per heavy atom. The van der Waals surface area contributed by atoms with E-state index in [0.717, 1.165) is 0 Å². The maximum atomic E-state index is 10.2. The van der Waals surface area contributed by atoms with Gasteiger partial charge in [0.25, 0.3) is 11.0 Å². The van der Waals surface area contributed by atoms with E-state index in [0.29, 0.717) is 12.6 Å². The summed E-state index contributed by atoms with van der Waals surface area (Å²) in [5.41, 5.74) is 0.